The number of tetrazole rings is 1. The summed E-state index contributed by atoms with van der Waals surface area (Å²) in [6.45, 7) is 5.74. The van der Waals surface area contributed by atoms with Crippen molar-refractivity contribution < 1.29 is 9.21 Å². The Morgan fingerprint density at radius 3 is 2.74 bits per heavy atom. The van der Waals surface area contributed by atoms with Gasteiger partial charge < -0.3 is 9.73 Å². The van der Waals surface area contributed by atoms with Gasteiger partial charge in [-0.3, -0.25) is 4.79 Å². The van der Waals surface area contributed by atoms with Gasteiger partial charge in [-0.2, -0.15) is 0 Å². The van der Waals surface area contributed by atoms with E-state index in [-0.39, 0.29) is 11.9 Å². The second kappa shape index (κ2) is 6.04. The predicted molar refractivity (Wildman–Crippen MR) is 85.0 cm³/mol. The highest BCUT2D eigenvalue weighted by Gasteiger charge is 2.18. The zero-order chi connectivity index (χ0) is 16.4. The van der Waals surface area contributed by atoms with Gasteiger partial charge in [0.1, 0.15) is 5.76 Å². The third-order valence-corrected chi connectivity index (χ3v) is 3.50. The quantitative estimate of drug-likeness (QED) is 0.800. The average Bonchev–Trinajstić information content (AvgIpc) is 3.16. The number of para-hydroxylation sites is 1. The molecule has 118 valence electrons. The topological polar surface area (TPSA) is 85.8 Å². The Kier molecular flexibility index (Phi) is 3.92. The number of carbonyl (C=O) groups excluding carboxylic acids is 1. The maximum Gasteiger partial charge on any atom is 0.259 e. The lowest BCUT2D eigenvalue weighted by molar-refractivity contribution is 0.102. The summed E-state index contributed by atoms with van der Waals surface area (Å²) in [5, 5.41) is 14.7. The molecule has 0 saturated heterocycles. The molecule has 7 nitrogen and oxygen atoms in total. The summed E-state index contributed by atoms with van der Waals surface area (Å²) in [6.07, 6.45) is 1.50. The number of nitrogens with one attached hydrogen (secondary N) is 1. The SMILES string of the molecule is Cc1occc1C(=O)Nc1ccccc1-c1nnnn1C(C)C. The Hall–Kier alpha value is -2.96. The summed E-state index contributed by atoms with van der Waals surface area (Å²) in [6, 6.07) is 9.19. The number of anilines is 1. The normalized spacial score (nSPS) is 11.0. The molecule has 0 spiro atoms. The molecule has 0 radical (unpaired) electrons. The van der Waals surface area contributed by atoms with Crippen molar-refractivity contribution in [1.82, 2.24) is 20.2 Å². The van der Waals surface area contributed by atoms with Crippen molar-refractivity contribution in [2.24, 2.45) is 0 Å². The minimum absolute atomic E-state index is 0.111. The Bertz CT molecular complexity index is 834. The molecular formula is C16H17N5O2. The van der Waals surface area contributed by atoms with Crippen molar-refractivity contribution in [3.8, 4) is 11.4 Å². The van der Waals surface area contributed by atoms with E-state index in [1.165, 1.54) is 6.26 Å². The third-order valence-electron chi connectivity index (χ3n) is 3.50. The molecule has 0 bridgehead atoms. The number of hydrogen-bond donors (Lipinski definition) is 1. The van der Waals surface area contributed by atoms with Crippen LogP contribution in [0.3, 0.4) is 0 Å². The molecule has 3 rings (SSSR count). The monoisotopic (exact) mass is 311 g/mol. The number of benzene rings is 1. The molecule has 0 unspecified atom stereocenters. The van der Waals surface area contributed by atoms with Crippen LogP contribution in [0.1, 0.15) is 36.0 Å². The van der Waals surface area contributed by atoms with Gasteiger partial charge >= 0.3 is 0 Å². The van der Waals surface area contributed by atoms with E-state index in [9.17, 15) is 4.79 Å². The molecule has 0 fully saturated rings. The number of nitrogens with zero attached hydrogens (tertiary/aromatic N) is 4. The lowest BCUT2D eigenvalue weighted by Crippen LogP contribution is -2.14. The maximum atomic E-state index is 12.4. The molecule has 3 aromatic rings. The van der Waals surface area contributed by atoms with Gasteiger partial charge in [-0.25, -0.2) is 4.68 Å². The zero-order valence-corrected chi connectivity index (χ0v) is 13.1. The van der Waals surface area contributed by atoms with Gasteiger partial charge in [-0.15, -0.1) is 5.10 Å². The maximum absolute atomic E-state index is 12.4. The summed E-state index contributed by atoms with van der Waals surface area (Å²) in [7, 11) is 0. The van der Waals surface area contributed by atoms with E-state index in [2.05, 4.69) is 20.8 Å². The van der Waals surface area contributed by atoms with Crippen LogP contribution in [0.2, 0.25) is 0 Å². The highest BCUT2D eigenvalue weighted by atomic mass is 16.3. The molecule has 0 aliphatic rings. The molecule has 1 aromatic carbocycles. The molecule has 2 heterocycles. The van der Waals surface area contributed by atoms with Gasteiger partial charge in [0.05, 0.1) is 23.6 Å². The van der Waals surface area contributed by atoms with Gasteiger partial charge in [0.25, 0.3) is 5.91 Å². The number of aromatic nitrogens is 4. The lowest BCUT2D eigenvalue weighted by atomic mass is 10.1. The van der Waals surface area contributed by atoms with E-state index in [1.807, 2.05) is 38.1 Å². The molecule has 0 aliphatic carbocycles. The van der Waals surface area contributed by atoms with Gasteiger partial charge in [0, 0.05) is 5.56 Å². The van der Waals surface area contributed by atoms with Crippen LogP contribution in [0, 0.1) is 6.92 Å². The Labute approximate surface area is 133 Å². The number of furan rings is 1. The standard InChI is InChI=1S/C16H17N5O2/c1-10(2)21-15(18-19-20-21)13-6-4-5-7-14(13)17-16(22)12-8-9-23-11(12)3/h4-10H,1-3H3,(H,17,22). The van der Waals surface area contributed by atoms with Crippen LogP contribution in [0.15, 0.2) is 41.0 Å². The molecule has 7 heteroatoms. The fourth-order valence-electron chi connectivity index (χ4n) is 2.32. The predicted octanol–water partition coefficient (Wildman–Crippen LogP) is 3.07. The molecule has 2 aromatic heterocycles. The first-order chi connectivity index (χ1) is 11.1. The smallest absolute Gasteiger partial charge is 0.259 e. The van der Waals surface area contributed by atoms with E-state index < -0.39 is 0 Å². The van der Waals surface area contributed by atoms with Crippen molar-refractivity contribution in [3.63, 3.8) is 0 Å². The summed E-state index contributed by atoms with van der Waals surface area (Å²) >= 11 is 0. The summed E-state index contributed by atoms with van der Waals surface area (Å²) in [4.78, 5) is 12.4. The Morgan fingerprint density at radius 1 is 1.26 bits per heavy atom. The van der Waals surface area contributed by atoms with E-state index >= 15 is 0 Å². The van der Waals surface area contributed by atoms with Crippen LogP contribution in [0.4, 0.5) is 5.69 Å². The van der Waals surface area contributed by atoms with Gasteiger partial charge in [0.15, 0.2) is 5.82 Å². The van der Waals surface area contributed by atoms with Crippen LogP contribution in [-0.2, 0) is 0 Å². The van der Waals surface area contributed by atoms with Crippen LogP contribution >= 0.6 is 0 Å². The number of carbonyl (C=O) groups is 1. The number of hydrogen-bond acceptors (Lipinski definition) is 5. The number of rotatable bonds is 4. The summed E-state index contributed by atoms with van der Waals surface area (Å²) < 4.78 is 6.90. The minimum atomic E-state index is -0.229. The highest BCUT2D eigenvalue weighted by Crippen LogP contribution is 2.27. The van der Waals surface area contributed by atoms with Crippen LogP contribution in [0.5, 0.6) is 0 Å². The largest absolute Gasteiger partial charge is 0.469 e. The average molecular weight is 311 g/mol. The summed E-state index contributed by atoms with van der Waals surface area (Å²) in [5.41, 5.74) is 1.92. The van der Waals surface area contributed by atoms with Crippen LogP contribution in [0.25, 0.3) is 11.4 Å². The van der Waals surface area contributed by atoms with E-state index in [4.69, 9.17) is 4.42 Å². The molecule has 0 atom stereocenters. The fourth-order valence-corrected chi connectivity index (χ4v) is 2.32. The lowest BCUT2D eigenvalue weighted by Gasteiger charge is -2.12. The summed E-state index contributed by atoms with van der Waals surface area (Å²) in [5.74, 6) is 0.957. The van der Waals surface area contributed by atoms with Crippen molar-refractivity contribution in [2.75, 3.05) is 5.32 Å². The molecule has 1 amide bonds. The van der Waals surface area contributed by atoms with E-state index in [0.717, 1.165) is 5.56 Å². The third kappa shape index (κ3) is 2.85. The van der Waals surface area contributed by atoms with Crippen molar-refractivity contribution in [1.29, 1.82) is 0 Å². The first-order valence-electron chi connectivity index (χ1n) is 7.30. The van der Waals surface area contributed by atoms with Gasteiger partial charge in [-0.1, -0.05) is 12.1 Å². The van der Waals surface area contributed by atoms with Crippen molar-refractivity contribution >= 4 is 11.6 Å². The highest BCUT2D eigenvalue weighted by molar-refractivity contribution is 6.06. The van der Waals surface area contributed by atoms with Crippen molar-refractivity contribution in [2.45, 2.75) is 26.8 Å². The minimum Gasteiger partial charge on any atom is -0.469 e. The Morgan fingerprint density at radius 2 is 2.04 bits per heavy atom. The number of aryl methyl sites for hydroxylation is 1. The second-order valence-electron chi connectivity index (χ2n) is 5.43. The fraction of sp³-hybridized carbons (Fsp3) is 0.250. The first-order valence-corrected chi connectivity index (χ1v) is 7.30. The second-order valence-corrected chi connectivity index (χ2v) is 5.43. The van der Waals surface area contributed by atoms with E-state index in [0.29, 0.717) is 22.8 Å². The molecule has 0 saturated carbocycles. The van der Waals surface area contributed by atoms with E-state index in [1.54, 1.807) is 17.7 Å². The van der Waals surface area contributed by atoms with Crippen LogP contribution in [-0.4, -0.2) is 26.1 Å². The molecular weight excluding hydrogens is 294 g/mol. The molecule has 23 heavy (non-hydrogen) atoms. The van der Waals surface area contributed by atoms with Crippen LogP contribution < -0.4 is 5.32 Å². The zero-order valence-electron chi connectivity index (χ0n) is 13.1. The number of amides is 1. The van der Waals surface area contributed by atoms with Crippen molar-refractivity contribution in [3.05, 3.63) is 47.9 Å². The van der Waals surface area contributed by atoms with Gasteiger partial charge in [0.2, 0.25) is 0 Å². The molecule has 1 N–H and O–H groups in total. The van der Waals surface area contributed by atoms with Gasteiger partial charge in [-0.05, 0) is 49.4 Å². The molecule has 0 aliphatic heterocycles. The Balaban J connectivity index is 1.97. The first kappa shape index (κ1) is 15.0.